The van der Waals surface area contributed by atoms with E-state index in [0.717, 1.165) is 0 Å². The standard InChI is InChI=1S/C7H2ClF3N2O3/c8-5(14)2-1-12-7(11)3(6(9)10)4(2)13(15)16/h1,6H. The third kappa shape index (κ3) is 2.11. The van der Waals surface area contributed by atoms with E-state index in [9.17, 15) is 28.1 Å². The SMILES string of the molecule is O=C(Cl)c1cnc(F)c(C(F)F)c1[N+](=O)[O-]. The van der Waals surface area contributed by atoms with Crippen LogP contribution in [0.5, 0.6) is 0 Å². The van der Waals surface area contributed by atoms with Gasteiger partial charge in [-0.2, -0.15) is 4.39 Å². The van der Waals surface area contributed by atoms with Crippen molar-refractivity contribution >= 4 is 22.5 Å². The molecule has 0 radical (unpaired) electrons. The van der Waals surface area contributed by atoms with Gasteiger partial charge in [-0.25, -0.2) is 13.8 Å². The van der Waals surface area contributed by atoms with Gasteiger partial charge in [0.25, 0.3) is 17.4 Å². The second-order valence-corrected chi connectivity index (χ2v) is 2.90. The number of hydrogen-bond acceptors (Lipinski definition) is 4. The first kappa shape index (κ1) is 12.4. The highest BCUT2D eigenvalue weighted by atomic mass is 35.5. The van der Waals surface area contributed by atoms with Crippen molar-refractivity contribution in [3.63, 3.8) is 0 Å². The van der Waals surface area contributed by atoms with Gasteiger partial charge in [-0.05, 0) is 11.6 Å². The molecule has 1 aromatic heterocycles. The van der Waals surface area contributed by atoms with Gasteiger partial charge in [0.1, 0.15) is 5.56 Å². The Labute approximate surface area is 91.0 Å². The number of pyridine rings is 1. The zero-order valence-electron chi connectivity index (χ0n) is 7.29. The van der Waals surface area contributed by atoms with Gasteiger partial charge in [0, 0.05) is 6.20 Å². The molecule has 0 unspecified atom stereocenters. The van der Waals surface area contributed by atoms with Crippen LogP contribution < -0.4 is 0 Å². The molecular formula is C7H2ClF3N2O3. The average molecular weight is 255 g/mol. The Balaban J connectivity index is 3.63. The molecule has 0 aliphatic carbocycles. The summed E-state index contributed by atoms with van der Waals surface area (Å²) in [7, 11) is 0. The van der Waals surface area contributed by atoms with Crippen molar-refractivity contribution in [2.24, 2.45) is 0 Å². The van der Waals surface area contributed by atoms with E-state index in [0.29, 0.717) is 6.20 Å². The van der Waals surface area contributed by atoms with Crippen LogP contribution in [0.2, 0.25) is 0 Å². The number of alkyl halides is 2. The minimum atomic E-state index is -3.47. The van der Waals surface area contributed by atoms with E-state index in [1.165, 1.54) is 0 Å². The van der Waals surface area contributed by atoms with Gasteiger partial charge in [-0.1, -0.05) is 0 Å². The van der Waals surface area contributed by atoms with Gasteiger partial charge < -0.3 is 0 Å². The maximum atomic E-state index is 12.9. The van der Waals surface area contributed by atoms with Crippen molar-refractivity contribution in [3.05, 3.63) is 33.4 Å². The first-order valence-corrected chi connectivity index (χ1v) is 4.04. The molecule has 5 nitrogen and oxygen atoms in total. The summed E-state index contributed by atoms with van der Waals surface area (Å²) in [5.74, 6) is -1.71. The lowest BCUT2D eigenvalue weighted by atomic mass is 10.1. The van der Waals surface area contributed by atoms with Crippen molar-refractivity contribution in [1.82, 2.24) is 4.98 Å². The molecule has 0 bridgehead atoms. The van der Waals surface area contributed by atoms with Gasteiger partial charge in [-0.15, -0.1) is 0 Å². The maximum absolute atomic E-state index is 12.9. The molecule has 9 heteroatoms. The van der Waals surface area contributed by atoms with Gasteiger partial charge in [0.15, 0.2) is 5.56 Å². The van der Waals surface area contributed by atoms with Crippen molar-refractivity contribution < 1.29 is 22.9 Å². The molecule has 0 aliphatic rings. The summed E-state index contributed by atoms with van der Waals surface area (Å²) in [6.45, 7) is 0. The fraction of sp³-hybridized carbons (Fsp3) is 0.143. The Morgan fingerprint density at radius 1 is 1.56 bits per heavy atom. The molecule has 1 aromatic rings. The molecule has 16 heavy (non-hydrogen) atoms. The van der Waals surface area contributed by atoms with Crippen molar-refractivity contribution in [1.29, 1.82) is 0 Å². The number of nitro groups is 1. The van der Waals surface area contributed by atoms with Crippen LogP contribution in [0.4, 0.5) is 18.9 Å². The zero-order valence-corrected chi connectivity index (χ0v) is 8.04. The van der Waals surface area contributed by atoms with Gasteiger partial charge in [-0.3, -0.25) is 14.9 Å². The maximum Gasteiger partial charge on any atom is 0.296 e. The van der Waals surface area contributed by atoms with Crippen LogP contribution in [0.25, 0.3) is 0 Å². The van der Waals surface area contributed by atoms with Crippen molar-refractivity contribution in [3.8, 4) is 0 Å². The summed E-state index contributed by atoms with van der Waals surface area (Å²) in [5, 5.41) is 9.11. The van der Waals surface area contributed by atoms with Crippen LogP contribution in [0.3, 0.4) is 0 Å². The molecule has 86 valence electrons. The lowest BCUT2D eigenvalue weighted by Crippen LogP contribution is -2.07. The van der Waals surface area contributed by atoms with Crippen LogP contribution in [0.1, 0.15) is 22.3 Å². The number of hydrogen-bond donors (Lipinski definition) is 0. The quantitative estimate of drug-likeness (QED) is 0.359. The summed E-state index contributed by atoms with van der Waals surface area (Å²) < 4.78 is 37.6. The van der Waals surface area contributed by atoms with Crippen LogP contribution in [0, 0.1) is 16.1 Å². The monoisotopic (exact) mass is 254 g/mol. The fourth-order valence-corrected chi connectivity index (χ4v) is 1.17. The zero-order chi connectivity index (χ0) is 12.5. The van der Waals surface area contributed by atoms with Crippen LogP contribution in [0.15, 0.2) is 6.20 Å². The summed E-state index contributed by atoms with van der Waals surface area (Å²) >= 11 is 4.93. The topological polar surface area (TPSA) is 73.1 Å². The predicted octanol–water partition coefficient (Wildman–Crippen LogP) is 2.45. The summed E-state index contributed by atoms with van der Waals surface area (Å²) in [5.41, 5.74) is -3.78. The molecule has 0 aromatic carbocycles. The van der Waals surface area contributed by atoms with Gasteiger partial charge in [0.05, 0.1) is 4.92 Å². The Hall–Kier alpha value is -1.70. The van der Waals surface area contributed by atoms with Crippen molar-refractivity contribution in [2.75, 3.05) is 0 Å². The van der Waals surface area contributed by atoms with E-state index >= 15 is 0 Å². The molecule has 0 saturated carbocycles. The minimum Gasteiger partial charge on any atom is -0.275 e. The Bertz CT molecular complexity index is 466. The molecule has 0 amide bonds. The van der Waals surface area contributed by atoms with Gasteiger partial charge in [0.2, 0.25) is 5.95 Å². The lowest BCUT2D eigenvalue weighted by Gasteiger charge is -2.04. The first-order valence-electron chi connectivity index (χ1n) is 3.67. The Morgan fingerprint density at radius 3 is 2.50 bits per heavy atom. The van der Waals surface area contributed by atoms with Crippen LogP contribution in [-0.2, 0) is 0 Å². The molecule has 0 atom stereocenters. The second-order valence-electron chi connectivity index (χ2n) is 2.56. The minimum absolute atomic E-state index is 0.439. The van der Waals surface area contributed by atoms with Crippen LogP contribution in [-0.4, -0.2) is 15.1 Å². The number of carbonyl (C=O) groups is 1. The molecule has 1 heterocycles. The van der Waals surface area contributed by atoms with Gasteiger partial charge >= 0.3 is 0 Å². The summed E-state index contributed by atoms with van der Waals surface area (Å²) in [6, 6.07) is 0. The number of halogens is 4. The van der Waals surface area contributed by atoms with E-state index in [2.05, 4.69) is 4.98 Å². The summed E-state index contributed by atoms with van der Waals surface area (Å²) in [6.07, 6.45) is -3.03. The molecule has 0 saturated heterocycles. The van der Waals surface area contributed by atoms with Crippen LogP contribution >= 0.6 is 11.6 Å². The molecular weight excluding hydrogens is 253 g/mol. The molecule has 0 spiro atoms. The smallest absolute Gasteiger partial charge is 0.275 e. The molecule has 0 N–H and O–H groups in total. The predicted molar refractivity (Wildman–Crippen MR) is 46.0 cm³/mol. The first-order chi connectivity index (χ1) is 7.36. The third-order valence-electron chi connectivity index (χ3n) is 1.65. The average Bonchev–Trinajstić information content (AvgIpc) is 2.15. The highest BCUT2D eigenvalue weighted by Crippen LogP contribution is 2.33. The third-order valence-corrected chi connectivity index (χ3v) is 1.86. The fourth-order valence-electron chi connectivity index (χ4n) is 1.03. The van der Waals surface area contributed by atoms with E-state index in [1.807, 2.05) is 0 Å². The van der Waals surface area contributed by atoms with E-state index in [4.69, 9.17) is 11.6 Å². The molecule has 0 fully saturated rings. The highest BCUT2D eigenvalue weighted by Gasteiger charge is 2.32. The molecule has 1 rings (SSSR count). The number of rotatable bonds is 3. The number of nitrogens with zero attached hydrogens (tertiary/aromatic N) is 2. The number of carbonyl (C=O) groups excluding carboxylic acids is 1. The second kappa shape index (κ2) is 4.44. The van der Waals surface area contributed by atoms with E-state index < -0.39 is 39.4 Å². The summed E-state index contributed by atoms with van der Waals surface area (Å²) in [4.78, 5) is 22.7. The molecule has 0 aliphatic heterocycles. The van der Waals surface area contributed by atoms with E-state index in [1.54, 1.807) is 0 Å². The highest BCUT2D eigenvalue weighted by molar-refractivity contribution is 6.68. The Kier molecular flexibility index (Phi) is 3.43. The van der Waals surface area contributed by atoms with Crippen molar-refractivity contribution in [2.45, 2.75) is 6.43 Å². The Morgan fingerprint density at radius 2 is 2.12 bits per heavy atom. The van der Waals surface area contributed by atoms with E-state index in [-0.39, 0.29) is 0 Å². The largest absolute Gasteiger partial charge is 0.296 e. The lowest BCUT2D eigenvalue weighted by molar-refractivity contribution is -0.386. The normalized spacial score (nSPS) is 10.6. The number of aromatic nitrogens is 1.